The number of halogens is 1. The van der Waals surface area contributed by atoms with E-state index < -0.39 is 0 Å². The van der Waals surface area contributed by atoms with Crippen molar-refractivity contribution >= 4 is 40.3 Å². The molecule has 0 radical (unpaired) electrons. The van der Waals surface area contributed by atoms with Crippen molar-refractivity contribution in [3.8, 4) is 17.0 Å². The predicted octanol–water partition coefficient (Wildman–Crippen LogP) is 5.32. The zero-order valence-corrected chi connectivity index (χ0v) is 18.2. The van der Waals surface area contributed by atoms with Crippen LogP contribution in [0.4, 0.5) is 17.2 Å². The largest absolute Gasteiger partial charge is 0.495 e. The van der Waals surface area contributed by atoms with Gasteiger partial charge in [0.15, 0.2) is 11.5 Å². The summed E-state index contributed by atoms with van der Waals surface area (Å²) in [4.78, 5) is 20.5. The number of fused-ring (bicyclic) bond motifs is 1. The smallest absolute Gasteiger partial charge is 0.221 e. The van der Waals surface area contributed by atoms with E-state index >= 15 is 0 Å². The molecule has 31 heavy (non-hydrogen) atoms. The fraction of sp³-hybridized carbons (Fsp3) is 0.174. The topological polar surface area (TPSA) is 80.6 Å². The summed E-state index contributed by atoms with van der Waals surface area (Å²) < 4.78 is 7.20. The van der Waals surface area contributed by atoms with E-state index in [1.54, 1.807) is 19.5 Å². The van der Waals surface area contributed by atoms with E-state index in [2.05, 4.69) is 20.6 Å². The van der Waals surface area contributed by atoms with Crippen LogP contribution in [0.2, 0.25) is 5.02 Å². The Bertz CT molecular complexity index is 1270. The van der Waals surface area contributed by atoms with Gasteiger partial charge in [-0.3, -0.25) is 9.20 Å². The standard InChI is InChI=1S/C23H22ClN5O2/c1-4-15-11-17(6-7-19(15)27-14(2)30)28-22-23-26-13-20(29(23)10-9-25-22)16-5-8-21(31-3)18(24)12-16/h5-13H,4H2,1-3H3,(H,25,28)(H,27,30). The molecule has 2 N–H and O–H groups in total. The van der Waals surface area contributed by atoms with E-state index in [9.17, 15) is 4.79 Å². The van der Waals surface area contributed by atoms with Gasteiger partial charge < -0.3 is 15.4 Å². The number of nitrogens with zero attached hydrogens (tertiary/aromatic N) is 3. The third kappa shape index (κ3) is 4.18. The number of nitrogens with one attached hydrogen (secondary N) is 2. The molecule has 0 aliphatic rings. The fourth-order valence-corrected chi connectivity index (χ4v) is 3.72. The van der Waals surface area contributed by atoms with Crippen LogP contribution in [0.3, 0.4) is 0 Å². The van der Waals surface area contributed by atoms with Crippen molar-refractivity contribution in [1.82, 2.24) is 14.4 Å². The van der Waals surface area contributed by atoms with Crippen molar-refractivity contribution in [3.05, 3.63) is 65.6 Å². The number of hydrogen-bond donors (Lipinski definition) is 2. The van der Waals surface area contributed by atoms with E-state index in [4.69, 9.17) is 16.3 Å². The summed E-state index contributed by atoms with van der Waals surface area (Å²) in [6.45, 7) is 3.55. The minimum Gasteiger partial charge on any atom is -0.495 e. The van der Waals surface area contributed by atoms with Crippen LogP contribution in [0.5, 0.6) is 5.75 Å². The lowest BCUT2D eigenvalue weighted by molar-refractivity contribution is -0.114. The van der Waals surface area contributed by atoms with Crippen molar-refractivity contribution in [2.75, 3.05) is 17.7 Å². The van der Waals surface area contributed by atoms with Crippen LogP contribution < -0.4 is 15.4 Å². The highest BCUT2D eigenvalue weighted by Crippen LogP contribution is 2.32. The second kappa shape index (κ2) is 8.65. The number of methoxy groups -OCH3 is 1. The Hall–Kier alpha value is -3.58. The first kappa shape index (κ1) is 20.7. The Morgan fingerprint density at radius 1 is 1.19 bits per heavy atom. The molecule has 0 atom stereocenters. The van der Waals surface area contributed by atoms with Crippen LogP contribution in [0, 0.1) is 0 Å². The van der Waals surface area contributed by atoms with Crippen molar-refractivity contribution in [3.63, 3.8) is 0 Å². The maximum atomic E-state index is 11.4. The van der Waals surface area contributed by atoms with Crippen molar-refractivity contribution in [2.24, 2.45) is 0 Å². The van der Waals surface area contributed by atoms with Crippen LogP contribution in [-0.2, 0) is 11.2 Å². The number of aromatic nitrogens is 3. The van der Waals surface area contributed by atoms with Crippen LogP contribution in [0.1, 0.15) is 19.4 Å². The maximum Gasteiger partial charge on any atom is 0.221 e. The molecule has 2 heterocycles. The summed E-state index contributed by atoms with van der Waals surface area (Å²) in [5, 5.41) is 6.74. The molecule has 0 aliphatic heterocycles. The number of amides is 1. The lowest BCUT2D eigenvalue weighted by Crippen LogP contribution is -2.08. The molecule has 0 saturated carbocycles. The summed E-state index contributed by atoms with van der Waals surface area (Å²) in [7, 11) is 1.59. The highest BCUT2D eigenvalue weighted by molar-refractivity contribution is 6.32. The van der Waals surface area contributed by atoms with Gasteiger partial charge in [-0.25, -0.2) is 9.97 Å². The molecular formula is C23H22ClN5O2. The molecule has 0 spiro atoms. The van der Waals surface area contributed by atoms with Crippen LogP contribution in [0.15, 0.2) is 55.0 Å². The second-order valence-electron chi connectivity index (χ2n) is 6.99. The van der Waals surface area contributed by atoms with Crippen LogP contribution >= 0.6 is 11.6 Å². The number of carbonyl (C=O) groups excluding carboxylic acids is 1. The number of hydrogen-bond acceptors (Lipinski definition) is 5. The normalized spacial score (nSPS) is 10.8. The SMILES string of the molecule is CCc1cc(Nc2nccn3c(-c4ccc(OC)c(Cl)c4)cnc23)ccc1NC(C)=O. The van der Waals surface area contributed by atoms with E-state index in [-0.39, 0.29) is 5.91 Å². The molecule has 8 heteroatoms. The predicted molar refractivity (Wildman–Crippen MR) is 123 cm³/mol. The Morgan fingerprint density at radius 2 is 2.03 bits per heavy atom. The van der Waals surface area contributed by atoms with Gasteiger partial charge in [-0.05, 0) is 48.4 Å². The Kier molecular flexibility index (Phi) is 5.77. The number of aryl methyl sites for hydroxylation is 1. The first-order valence-electron chi connectivity index (χ1n) is 9.83. The highest BCUT2D eigenvalue weighted by atomic mass is 35.5. The van der Waals surface area contributed by atoms with Gasteiger partial charge in [0.05, 0.1) is 24.0 Å². The number of imidazole rings is 1. The molecule has 7 nitrogen and oxygen atoms in total. The molecule has 1 amide bonds. The average Bonchev–Trinajstić information content (AvgIpc) is 3.19. The monoisotopic (exact) mass is 435 g/mol. The minimum atomic E-state index is -0.0922. The van der Waals surface area contributed by atoms with Crippen molar-refractivity contribution in [2.45, 2.75) is 20.3 Å². The Balaban J connectivity index is 1.69. The fourth-order valence-electron chi connectivity index (χ4n) is 3.46. The van der Waals surface area contributed by atoms with Gasteiger partial charge >= 0.3 is 0 Å². The molecule has 158 valence electrons. The van der Waals surface area contributed by atoms with Gasteiger partial charge in [0.25, 0.3) is 0 Å². The highest BCUT2D eigenvalue weighted by Gasteiger charge is 2.13. The van der Waals surface area contributed by atoms with Crippen molar-refractivity contribution in [1.29, 1.82) is 0 Å². The molecule has 4 rings (SSSR count). The van der Waals surface area contributed by atoms with Gasteiger partial charge in [0, 0.05) is 36.3 Å². The van der Waals surface area contributed by atoms with Crippen molar-refractivity contribution < 1.29 is 9.53 Å². The Labute approximate surface area is 185 Å². The third-order valence-electron chi connectivity index (χ3n) is 4.94. The number of anilines is 3. The second-order valence-corrected chi connectivity index (χ2v) is 7.40. The van der Waals surface area contributed by atoms with E-state index in [0.29, 0.717) is 22.2 Å². The van der Waals surface area contributed by atoms with Gasteiger partial charge in [-0.1, -0.05) is 18.5 Å². The van der Waals surface area contributed by atoms with E-state index in [1.807, 2.05) is 53.9 Å². The first-order chi connectivity index (χ1) is 15.0. The molecule has 0 bridgehead atoms. The van der Waals surface area contributed by atoms with E-state index in [1.165, 1.54) is 6.92 Å². The summed E-state index contributed by atoms with van der Waals surface area (Å²) in [5.74, 6) is 1.16. The number of carbonyl (C=O) groups is 1. The lowest BCUT2D eigenvalue weighted by Gasteiger charge is -2.12. The zero-order chi connectivity index (χ0) is 22.0. The number of ether oxygens (including phenoxy) is 1. The van der Waals surface area contributed by atoms with Gasteiger partial charge in [0.2, 0.25) is 5.91 Å². The molecule has 0 unspecified atom stereocenters. The number of rotatable bonds is 6. The average molecular weight is 436 g/mol. The van der Waals surface area contributed by atoms with Crippen LogP contribution in [0.25, 0.3) is 16.9 Å². The number of benzene rings is 2. The minimum absolute atomic E-state index is 0.0922. The summed E-state index contributed by atoms with van der Waals surface area (Å²) in [5.41, 5.74) is 5.20. The van der Waals surface area contributed by atoms with Gasteiger partial charge in [-0.15, -0.1) is 0 Å². The molecule has 4 aromatic rings. The van der Waals surface area contributed by atoms with Crippen LogP contribution in [-0.4, -0.2) is 27.4 Å². The summed E-state index contributed by atoms with van der Waals surface area (Å²) in [6, 6.07) is 11.4. The summed E-state index contributed by atoms with van der Waals surface area (Å²) in [6.07, 6.45) is 6.16. The third-order valence-corrected chi connectivity index (χ3v) is 5.23. The van der Waals surface area contributed by atoms with E-state index in [0.717, 1.165) is 34.6 Å². The lowest BCUT2D eigenvalue weighted by atomic mass is 10.1. The maximum absolute atomic E-state index is 11.4. The molecule has 2 aromatic heterocycles. The zero-order valence-electron chi connectivity index (χ0n) is 17.4. The van der Waals surface area contributed by atoms with Gasteiger partial charge in [0.1, 0.15) is 5.75 Å². The van der Waals surface area contributed by atoms with Gasteiger partial charge in [-0.2, -0.15) is 0 Å². The quantitative estimate of drug-likeness (QED) is 0.428. The molecular weight excluding hydrogens is 414 g/mol. The first-order valence-corrected chi connectivity index (χ1v) is 10.2. The summed E-state index contributed by atoms with van der Waals surface area (Å²) >= 11 is 6.30. The molecule has 0 aliphatic carbocycles. The molecule has 2 aromatic carbocycles. The molecule has 0 saturated heterocycles. The Morgan fingerprint density at radius 3 is 2.74 bits per heavy atom. The molecule has 0 fully saturated rings.